The molecule has 0 spiro atoms. The summed E-state index contributed by atoms with van der Waals surface area (Å²) in [7, 11) is 0. The van der Waals surface area contributed by atoms with E-state index >= 15 is 0 Å². The molecule has 4 N–H and O–H groups in total. The summed E-state index contributed by atoms with van der Waals surface area (Å²) >= 11 is 0. The topological polar surface area (TPSA) is 116 Å². The predicted octanol–water partition coefficient (Wildman–Crippen LogP) is 1.63. The van der Waals surface area contributed by atoms with E-state index in [1.165, 1.54) is 12.1 Å². The maximum atomic E-state index is 12.1. The highest BCUT2D eigenvalue weighted by Crippen LogP contribution is 2.19. The number of carbonyl (C=O) groups excluding carboxylic acids is 2. The van der Waals surface area contributed by atoms with Gasteiger partial charge in [0.15, 0.2) is 0 Å². The highest BCUT2D eigenvalue weighted by atomic mass is 16.7. The molecule has 1 aromatic carbocycles. The minimum absolute atomic E-state index is 0.196. The number of anilines is 1. The van der Waals surface area contributed by atoms with Crippen molar-refractivity contribution in [2.24, 2.45) is 0 Å². The minimum atomic E-state index is -0.909. The molecule has 2 amide bonds. The van der Waals surface area contributed by atoms with Gasteiger partial charge in [-0.25, -0.2) is 4.79 Å². The first-order valence-corrected chi connectivity index (χ1v) is 8.64. The second kappa shape index (κ2) is 9.48. The number of aromatic nitrogens is 1. The fourth-order valence-corrected chi connectivity index (χ4v) is 2.39. The average Bonchev–Trinajstić information content (AvgIpc) is 2.97. The van der Waals surface area contributed by atoms with Crippen molar-refractivity contribution in [1.29, 1.82) is 0 Å². The summed E-state index contributed by atoms with van der Waals surface area (Å²) in [4.78, 5) is 30.9. The van der Waals surface area contributed by atoms with Crippen molar-refractivity contribution in [3.05, 3.63) is 42.0 Å². The Labute approximate surface area is 157 Å². The van der Waals surface area contributed by atoms with E-state index in [1.807, 2.05) is 0 Å². The Morgan fingerprint density at radius 2 is 1.63 bits per heavy atom. The zero-order valence-electron chi connectivity index (χ0n) is 15.3. The number of aromatic hydroxyl groups is 2. The molecule has 0 radical (unpaired) electrons. The largest absolute Gasteiger partial charge is 0.492 e. The molecule has 0 saturated heterocycles. The van der Waals surface area contributed by atoms with E-state index in [4.69, 9.17) is 4.84 Å². The van der Waals surface area contributed by atoms with Gasteiger partial charge in [-0.2, -0.15) is 0 Å². The normalized spacial score (nSPS) is 10.6. The van der Waals surface area contributed by atoms with Crippen molar-refractivity contribution in [3.63, 3.8) is 0 Å². The maximum Gasteiger partial charge on any atom is 0.436 e. The van der Waals surface area contributed by atoms with Crippen LogP contribution in [0.25, 0.3) is 0 Å². The first-order valence-electron chi connectivity index (χ1n) is 8.64. The van der Waals surface area contributed by atoms with E-state index in [0.29, 0.717) is 22.5 Å². The van der Waals surface area contributed by atoms with Crippen LogP contribution in [0.4, 0.5) is 10.5 Å². The number of benzene rings is 1. The van der Waals surface area contributed by atoms with Crippen LogP contribution in [0.1, 0.15) is 24.2 Å². The number of rotatable bonds is 8. The average molecular weight is 376 g/mol. The van der Waals surface area contributed by atoms with E-state index in [2.05, 4.69) is 29.4 Å². The molecule has 0 saturated carbocycles. The van der Waals surface area contributed by atoms with Crippen LogP contribution in [0.3, 0.4) is 0 Å². The Morgan fingerprint density at radius 3 is 2.19 bits per heavy atom. The summed E-state index contributed by atoms with van der Waals surface area (Å²) in [6, 6.07) is 8.61. The second-order valence-electron chi connectivity index (χ2n) is 5.71. The van der Waals surface area contributed by atoms with Crippen LogP contribution in [0, 0.1) is 0 Å². The van der Waals surface area contributed by atoms with Gasteiger partial charge in [-0.3, -0.25) is 10.1 Å². The highest BCUT2D eigenvalue weighted by Gasteiger charge is 2.12. The van der Waals surface area contributed by atoms with Gasteiger partial charge in [0.2, 0.25) is 11.8 Å². The first-order chi connectivity index (χ1) is 12.9. The van der Waals surface area contributed by atoms with Crippen molar-refractivity contribution in [2.45, 2.75) is 13.8 Å². The zero-order chi connectivity index (χ0) is 19.8. The standard InChI is InChI=1S/C18H24N4O5/c1-3-21(4-2)12-11-19-17(25)13-5-7-14(8-6-13)20-18(26)27-22-15(23)9-10-16(22)24/h5-10,23-24H,3-4,11-12H2,1-2H3,(H,19,25)(H,20,26). The molecule has 2 aromatic rings. The lowest BCUT2D eigenvalue weighted by atomic mass is 10.2. The highest BCUT2D eigenvalue weighted by molar-refractivity contribution is 5.95. The van der Waals surface area contributed by atoms with Crippen LogP contribution in [0.2, 0.25) is 0 Å². The molecule has 0 atom stereocenters. The van der Waals surface area contributed by atoms with Crippen molar-refractivity contribution in [3.8, 4) is 11.8 Å². The summed E-state index contributed by atoms with van der Waals surface area (Å²) in [5.41, 5.74) is 0.861. The van der Waals surface area contributed by atoms with Gasteiger partial charge >= 0.3 is 6.09 Å². The van der Waals surface area contributed by atoms with Crippen molar-refractivity contribution in [1.82, 2.24) is 14.9 Å². The summed E-state index contributed by atoms with van der Waals surface area (Å²) in [5.74, 6) is -1.03. The van der Waals surface area contributed by atoms with Crippen molar-refractivity contribution >= 4 is 17.7 Å². The minimum Gasteiger partial charge on any atom is -0.492 e. The van der Waals surface area contributed by atoms with Gasteiger partial charge in [0.1, 0.15) is 0 Å². The predicted molar refractivity (Wildman–Crippen MR) is 99.9 cm³/mol. The molecule has 0 aliphatic heterocycles. The van der Waals surface area contributed by atoms with Gasteiger partial charge in [0.05, 0.1) is 0 Å². The zero-order valence-corrected chi connectivity index (χ0v) is 15.3. The van der Waals surface area contributed by atoms with Crippen molar-refractivity contribution < 1.29 is 24.6 Å². The summed E-state index contributed by atoms with van der Waals surface area (Å²) < 4.78 is 0.576. The Balaban J connectivity index is 1.85. The fourth-order valence-electron chi connectivity index (χ4n) is 2.39. The van der Waals surface area contributed by atoms with E-state index < -0.39 is 17.9 Å². The van der Waals surface area contributed by atoms with Crippen LogP contribution >= 0.6 is 0 Å². The molecule has 1 aromatic heterocycles. The Bertz CT molecular complexity index is 749. The fraction of sp³-hybridized carbons (Fsp3) is 0.333. The summed E-state index contributed by atoms with van der Waals surface area (Å²) in [5, 5.41) is 24.1. The summed E-state index contributed by atoms with van der Waals surface area (Å²) in [6.45, 7) is 7.34. The van der Waals surface area contributed by atoms with Gasteiger partial charge in [-0.15, -0.1) is 4.73 Å². The molecular formula is C18H24N4O5. The third-order valence-corrected chi connectivity index (χ3v) is 3.97. The van der Waals surface area contributed by atoms with Gasteiger partial charge < -0.3 is 25.3 Å². The van der Waals surface area contributed by atoms with Crippen LogP contribution in [-0.4, -0.2) is 58.0 Å². The summed E-state index contributed by atoms with van der Waals surface area (Å²) in [6.07, 6.45) is -0.909. The SMILES string of the molecule is CCN(CC)CCNC(=O)c1ccc(NC(=O)On2c(O)ccc2O)cc1. The number of hydrogen-bond donors (Lipinski definition) is 4. The Hall–Kier alpha value is -3.20. The molecule has 146 valence electrons. The number of amides is 2. The lowest BCUT2D eigenvalue weighted by Gasteiger charge is -2.17. The monoisotopic (exact) mass is 376 g/mol. The molecule has 0 aliphatic rings. The number of likely N-dealkylation sites (N-methyl/N-ethyl adjacent to an activating group) is 1. The quantitative estimate of drug-likeness (QED) is 0.557. The molecule has 9 nitrogen and oxygen atoms in total. The molecule has 2 rings (SSSR count). The molecule has 0 aliphatic carbocycles. The third kappa shape index (κ3) is 5.65. The van der Waals surface area contributed by atoms with E-state index in [1.54, 1.807) is 24.3 Å². The maximum absolute atomic E-state index is 12.1. The van der Waals surface area contributed by atoms with Crippen LogP contribution in [0.5, 0.6) is 11.8 Å². The smallest absolute Gasteiger partial charge is 0.436 e. The van der Waals surface area contributed by atoms with Crippen LogP contribution in [0.15, 0.2) is 36.4 Å². The number of hydrogen-bond acceptors (Lipinski definition) is 6. The van der Waals surface area contributed by atoms with Gasteiger partial charge in [-0.05, 0) is 37.4 Å². The van der Waals surface area contributed by atoms with Crippen LogP contribution < -0.4 is 15.5 Å². The van der Waals surface area contributed by atoms with Gasteiger partial charge in [0, 0.05) is 36.5 Å². The van der Waals surface area contributed by atoms with E-state index in [9.17, 15) is 19.8 Å². The molecule has 1 heterocycles. The Kier molecular flexibility index (Phi) is 7.07. The third-order valence-electron chi connectivity index (χ3n) is 3.97. The molecular weight excluding hydrogens is 352 g/mol. The lowest BCUT2D eigenvalue weighted by molar-refractivity contribution is 0.0949. The van der Waals surface area contributed by atoms with E-state index in [-0.39, 0.29) is 5.91 Å². The molecule has 0 unspecified atom stereocenters. The van der Waals surface area contributed by atoms with E-state index in [0.717, 1.165) is 19.6 Å². The molecule has 27 heavy (non-hydrogen) atoms. The number of carbonyl (C=O) groups is 2. The first kappa shape index (κ1) is 20.1. The number of nitrogens with one attached hydrogen (secondary N) is 2. The molecule has 9 heteroatoms. The van der Waals surface area contributed by atoms with Gasteiger partial charge in [-0.1, -0.05) is 13.8 Å². The lowest BCUT2D eigenvalue weighted by Crippen LogP contribution is -2.34. The molecule has 0 bridgehead atoms. The Morgan fingerprint density at radius 1 is 1.04 bits per heavy atom. The van der Waals surface area contributed by atoms with Crippen molar-refractivity contribution in [2.75, 3.05) is 31.5 Å². The second-order valence-corrected chi connectivity index (χ2v) is 5.71. The van der Waals surface area contributed by atoms with Crippen LogP contribution in [-0.2, 0) is 0 Å². The number of nitrogens with zero attached hydrogens (tertiary/aromatic N) is 2. The van der Waals surface area contributed by atoms with Gasteiger partial charge in [0.25, 0.3) is 5.91 Å². The molecule has 0 fully saturated rings.